The molecule has 0 saturated carbocycles. The number of benzene rings is 1. The minimum Gasteiger partial charge on any atom is -0.310 e. The number of nitrogens with one attached hydrogen (secondary N) is 1. The number of anilines is 1. The van der Waals surface area contributed by atoms with E-state index in [-0.39, 0.29) is 11.7 Å². The van der Waals surface area contributed by atoms with Gasteiger partial charge in [0, 0.05) is 11.8 Å². The van der Waals surface area contributed by atoms with Crippen LogP contribution < -0.4 is 5.32 Å². The minimum absolute atomic E-state index is 0.0915. The molecule has 1 aromatic carbocycles. The fourth-order valence-corrected chi connectivity index (χ4v) is 5.03. The highest BCUT2D eigenvalue weighted by molar-refractivity contribution is 8.03. The maximum Gasteiger partial charge on any atom is 0.235 e. The summed E-state index contributed by atoms with van der Waals surface area (Å²) in [5, 5.41) is 15.7. The van der Waals surface area contributed by atoms with E-state index < -0.39 is 0 Å². The van der Waals surface area contributed by atoms with Crippen molar-refractivity contribution in [2.24, 2.45) is 0 Å². The molecule has 1 amide bonds. The van der Waals surface area contributed by atoms with E-state index in [1.54, 1.807) is 16.4 Å². The van der Waals surface area contributed by atoms with Gasteiger partial charge in [0.2, 0.25) is 5.91 Å². The first-order valence-corrected chi connectivity index (χ1v) is 11.4. The van der Waals surface area contributed by atoms with E-state index in [9.17, 15) is 4.79 Å². The van der Waals surface area contributed by atoms with Gasteiger partial charge in [0.05, 0.1) is 17.1 Å². The first kappa shape index (κ1) is 19.9. The molecule has 0 atom stereocenters. The summed E-state index contributed by atoms with van der Waals surface area (Å²) >= 11 is 4.64. The molecule has 2 aromatic heterocycles. The monoisotopic (exact) mass is 419 g/mol. The fourth-order valence-electron chi connectivity index (χ4n) is 2.28. The quantitative estimate of drug-likeness (QED) is 0.539. The SMILES string of the molecule is CCCSc1nnc(SCC(=O)Nc2cc(C)nn2-c2ccc(C)cc2)s1. The zero-order valence-corrected chi connectivity index (χ0v) is 17.9. The van der Waals surface area contributed by atoms with E-state index >= 15 is 0 Å². The van der Waals surface area contributed by atoms with E-state index in [2.05, 4.69) is 27.5 Å². The molecular weight excluding hydrogens is 398 g/mol. The fraction of sp³-hybridized carbons (Fsp3) is 0.333. The topological polar surface area (TPSA) is 72.7 Å². The highest BCUT2D eigenvalue weighted by Crippen LogP contribution is 2.29. The summed E-state index contributed by atoms with van der Waals surface area (Å²) in [5.41, 5.74) is 2.94. The van der Waals surface area contributed by atoms with Gasteiger partial charge in [-0.05, 0) is 32.4 Å². The van der Waals surface area contributed by atoms with Crippen LogP contribution in [0, 0.1) is 13.8 Å². The highest BCUT2D eigenvalue weighted by atomic mass is 32.2. The lowest BCUT2D eigenvalue weighted by Gasteiger charge is -2.08. The summed E-state index contributed by atoms with van der Waals surface area (Å²) in [6.07, 6.45) is 1.10. The van der Waals surface area contributed by atoms with Crippen LogP contribution in [0.15, 0.2) is 39.0 Å². The third kappa shape index (κ3) is 5.57. The van der Waals surface area contributed by atoms with Gasteiger partial charge in [-0.3, -0.25) is 4.79 Å². The molecular formula is C18H21N5OS3. The molecule has 27 heavy (non-hydrogen) atoms. The van der Waals surface area contributed by atoms with E-state index in [4.69, 9.17) is 0 Å². The number of hydrogen-bond donors (Lipinski definition) is 1. The largest absolute Gasteiger partial charge is 0.310 e. The average molecular weight is 420 g/mol. The molecule has 0 saturated heterocycles. The minimum atomic E-state index is -0.0915. The molecule has 0 aliphatic rings. The Bertz CT molecular complexity index is 904. The number of aryl methyl sites for hydroxylation is 2. The van der Waals surface area contributed by atoms with Gasteiger partial charge in [-0.1, -0.05) is 59.5 Å². The summed E-state index contributed by atoms with van der Waals surface area (Å²) in [6, 6.07) is 9.90. The lowest BCUT2D eigenvalue weighted by Crippen LogP contribution is -2.16. The van der Waals surface area contributed by atoms with Gasteiger partial charge < -0.3 is 5.32 Å². The number of thioether (sulfide) groups is 2. The van der Waals surface area contributed by atoms with Gasteiger partial charge >= 0.3 is 0 Å². The summed E-state index contributed by atoms with van der Waals surface area (Å²) in [6.45, 7) is 6.08. The van der Waals surface area contributed by atoms with Gasteiger partial charge in [0.1, 0.15) is 5.82 Å². The summed E-state index contributed by atoms with van der Waals surface area (Å²) < 4.78 is 3.52. The maximum atomic E-state index is 12.4. The van der Waals surface area contributed by atoms with Crippen LogP contribution in [0.4, 0.5) is 5.82 Å². The number of carbonyl (C=O) groups is 1. The second-order valence-corrected chi connectivity index (χ2v) is 9.48. The number of carbonyl (C=O) groups excluding carboxylic acids is 1. The zero-order chi connectivity index (χ0) is 19.2. The summed E-state index contributed by atoms with van der Waals surface area (Å²) in [7, 11) is 0. The van der Waals surface area contributed by atoms with Crippen molar-refractivity contribution in [1.29, 1.82) is 0 Å². The number of amides is 1. The second-order valence-electron chi connectivity index (χ2n) is 5.94. The van der Waals surface area contributed by atoms with Crippen molar-refractivity contribution in [3.05, 3.63) is 41.6 Å². The van der Waals surface area contributed by atoms with Crippen LogP contribution in [0.1, 0.15) is 24.6 Å². The van der Waals surface area contributed by atoms with E-state index in [1.807, 2.05) is 44.2 Å². The Balaban J connectivity index is 1.61. The van der Waals surface area contributed by atoms with Crippen molar-refractivity contribution >= 4 is 46.6 Å². The number of hydrogen-bond acceptors (Lipinski definition) is 7. The van der Waals surface area contributed by atoms with Crippen molar-refractivity contribution in [3.63, 3.8) is 0 Å². The molecule has 0 unspecified atom stereocenters. The van der Waals surface area contributed by atoms with Crippen LogP contribution in [-0.2, 0) is 4.79 Å². The number of nitrogens with zero attached hydrogens (tertiary/aromatic N) is 4. The van der Waals surface area contributed by atoms with Gasteiger partial charge in [0.15, 0.2) is 8.68 Å². The Morgan fingerprint density at radius 2 is 1.85 bits per heavy atom. The second kappa shape index (κ2) is 9.38. The first-order valence-electron chi connectivity index (χ1n) is 8.58. The van der Waals surface area contributed by atoms with Gasteiger partial charge in [-0.2, -0.15) is 5.10 Å². The Morgan fingerprint density at radius 1 is 1.15 bits per heavy atom. The molecule has 3 rings (SSSR count). The normalized spacial score (nSPS) is 10.9. The Morgan fingerprint density at radius 3 is 2.56 bits per heavy atom. The molecule has 3 aromatic rings. The molecule has 0 fully saturated rings. The van der Waals surface area contributed by atoms with E-state index in [1.165, 1.54) is 28.7 Å². The summed E-state index contributed by atoms with van der Waals surface area (Å²) in [4.78, 5) is 12.4. The average Bonchev–Trinajstić information content (AvgIpc) is 3.25. The molecule has 9 heteroatoms. The standard InChI is InChI=1S/C18H21N5OS3/c1-4-9-25-17-20-21-18(27-17)26-11-16(24)19-15-10-13(3)22-23(15)14-7-5-12(2)6-8-14/h5-8,10H,4,9,11H2,1-3H3,(H,19,24). The Kier molecular flexibility index (Phi) is 6.92. The molecule has 2 heterocycles. The van der Waals surface area contributed by atoms with Crippen molar-refractivity contribution in [1.82, 2.24) is 20.0 Å². The van der Waals surface area contributed by atoms with Crippen molar-refractivity contribution in [3.8, 4) is 5.69 Å². The van der Waals surface area contributed by atoms with Crippen LogP contribution in [0.3, 0.4) is 0 Å². The van der Waals surface area contributed by atoms with Gasteiger partial charge in [-0.25, -0.2) is 4.68 Å². The molecule has 0 spiro atoms. The smallest absolute Gasteiger partial charge is 0.235 e. The van der Waals surface area contributed by atoms with Crippen LogP contribution in [0.5, 0.6) is 0 Å². The van der Waals surface area contributed by atoms with Gasteiger partial charge in [0.25, 0.3) is 0 Å². The molecule has 142 valence electrons. The lowest BCUT2D eigenvalue weighted by molar-refractivity contribution is -0.113. The maximum absolute atomic E-state index is 12.4. The Hall–Kier alpha value is -1.84. The number of aromatic nitrogens is 4. The predicted molar refractivity (Wildman–Crippen MR) is 113 cm³/mol. The molecule has 6 nitrogen and oxygen atoms in total. The highest BCUT2D eigenvalue weighted by Gasteiger charge is 2.13. The third-order valence-electron chi connectivity index (χ3n) is 3.52. The zero-order valence-electron chi connectivity index (χ0n) is 15.4. The molecule has 0 bridgehead atoms. The van der Waals surface area contributed by atoms with E-state index in [0.29, 0.717) is 5.82 Å². The predicted octanol–water partition coefficient (Wildman–Crippen LogP) is 4.57. The molecule has 0 aliphatic heterocycles. The number of rotatable bonds is 8. The van der Waals surface area contributed by atoms with Crippen LogP contribution in [0.2, 0.25) is 0 Å². The van der Waals surface area contributed by atoms with Crippen LogP contribution in [0.25, 0.3) is 5.69 Å². The van der Waals surface area contributed by atoms with Crippen LogP contribution >= 0.6 is 34.9 Å². The lowest BCUT2D eigenvalue weighted by atomic mass is 10.2. The molecule has 0 aliphatic carbocycles. The van der Waals surface area contributed by atoms with Crippen LogP contribution in [-0.4, -0.2) is 37.4 Å². The van der Waals surface area contributed by atoms with Crippen molar-refractivity contribution in [2.75, 3.05) is 16.8 Å². The molecule has 0 radical (unpaired) electrons. The van der Waals surface area contributed by atoms with E-state index in [0.717, 1.165) is 32.2 Å². The Labute approximate surface area is 171 Å². The van der Waals surface area contributed by atoms with Crippen molar-refractivity contribution < 1.29 is 4.79 Å². The molecule has 1 N–H and O–H groups in total. The van der Waals surface area contributed by atoms with Crippen molar-refractivity contribution in [2.45, 2.75) is 35.9 Å². The van der Waals surface area contributed by atoms with Gasteiger partial charge in [-0.15, -0.1) is 10.2 Å². The first-order chi connectivity index (χ1) is 13.0. The summed E-state index contributed by atoms with van der Waals surface area (Å²) in [5.74, 6) is 1.89. The third-order valence-corrected chi connectivity index (χ3v) is 6.92.